The highest BCUT2D eigenvalue weighted by molar-refractivity contribution is 5.28. The van der Waals surface area contributed by atoms with Crippen LogP contribution in [0.2, 0.25) is 0 Å². The lowest BCUT2D eigenvalue weighted by atomic mass is 9.95. The van der Waals surface area contributed by atoms with Gasteiger partial charge in [0.05, 0.1) is 12.3 Å². The predicted octanol–water partition coefficient (Wildman–Crippen LogP) is 3.21. The molecule has 3 heteroatoms. The van der Waals surface area contributed by atoms with Crippen LogP contribution in [0.15, 0.2) is 12.1 Å². The summed E-state index contributed by atoms with van der Waals surface area (Å²) in [5.74, 6) is 1.00. The van der Waals surface area contributed by atoms with Gasteiger partial charge in [0.15, 0.2) is 0 Å². The van der Waals surface area contributed by atoms with Crippen LogP contribution in [0, 0.1) is 0 Å². The second kappa shape index (κ2) is 6.49. The lowest BCUT2D eigenvalue weighted by Crippen LogP contribution is -2.24. The van der Waals surface area contributed by atoms with Gasteiger partial charge in [-0.3, -0.25) is 4.98 Å². The van der Waals surface area contributed by atoms with Gasteiger partial charge < -0.3 is 10.1 Å². The Morgan fingerprint density at radius 3 is 2.68 bits per heavy atom. The summed E-state index contributed by atoms with van der Waals surface area (Å²) in [7, 11) is 0. The van der Waals surface area contributed by atoms with Gasteiger partial charge in [0.2, 0.25) is 0 Å². The first kappa shape index (κ1) is 14.5. The number of hydrogen-bond donors (Lipinski definition) is 1. The first-order valence-corrected chi connectivity index (χ1v) is 7.38. The van der Waals surface area contributed by atoms with Gasteiger partial charge in [-0.05, 0) is 24.0 Å². The van der Waals surface area contributed by atoms with E-state index in [2.05, 4.69) is 45.1 Å². The fourth-order valence-electron chi connectivity index (χ4n) is 2.44. The highest BCUT2D eigenvalue weighted by atomic mass is 16.5. The van der Waals surface area contributed by atoms with Crippen molar-refractivity contribution in [3.63, 3.8) is 0 Å². The molecule has 1 atom stereocenters. The second-order valence-corrected chi connectivity index (χ2v) is 6.02. The van der Waals surface area contributed by atoms with Gasteiger partial charge in [-0.25, -0.2) is 0 Å². The zero-order valence-corrected chi connectivity index (χ0v) is 12.6. The number of hydrogen-bond acceptors (Lipinski definition) is 3. The van der Waals surface area contributed by atoms with Crippen LogP contribution >= 0.6 is 0 Å². The summed E-state index contributed by atoms with van der Waals surface area (Å²) in [6.45, 7) is 11.3. The molecule has 0 radical (unpaired) electrons. The smallest absolute Gasteiger partial charge is 0.0580 e. The zero-order chi connectivity index (χ0) is 13.8. The Balaban J connectivity index is 2.24. The van der Waals surface area contributed by atoms with Gasteiger partial charge in [0.1, 0.15) is 0 Å². The zero-order valence-electron chi connectivity index (χ0n) is 12.6. The first-order valence-electron chi connectivity index (χ1n) is 7.38. The minimum absolute atomic E-state index is 0.478. The highest BCUT2D eigenvalue weighted by Gasteiger charge is 2.21. The maximum Gasteiger partial charge on any atom is 0.0580 e. The number of nitrogens with zero attached hydrogens (tertiary/aromatic N) is 1. The Labute approximate surface area is 116 Å². The maximum atomic E-state index is 5.52. The van der Waals surface area contributed by atoms with Gasteiger partial charge in [-0.2, -0.15) is 0 Å². The van der Waals surface area contributed by atoms with Gasteiger partial charge in [0.25, 0.3) is 0 Å². The lowest BCUT2D eigenvalue weighted by Gasteiger charge is -2.17. The third-order valence-corrected chi connectivity index (χ3v) is 3.67. The quantitative estimate of drug-likeness (QED) is 0.884. The average molecular weight is 262 g/mol. The molecule has 1 aliphatic rings. The van der Waals surface area contributed by atoms with E-state index in [1.165, 1.54) is 17.0 Å². The van der Waals surface area contributed by atoms with Crippen LogP contribution in [0.4, 0.5) is 0 Å². The fourth-order valence-corrected chi connectivity index (χ4v) is 2.44. The predicted molar refractivity (Wildman–Crippen MR) is 78.5 cm³/mol. The fraction of sp³-hybridized carbons (Fsp3) is 0.688. The minimum atomic E-state index is 0.478. The number of pyridine rings is 1. The Kier molecular flexibility index (Phi) is 4.94. The van der Waals surface area contributed by atoms with Gasteiger partial charge in [-0.15, -0.1) is 0 Å². The molecule has 1 fully saturated rings. The topological polar surface area (TPSA) is 34.2 Å². The van der Waals surface area contributed by atoms with E-state index >= 15 is 0 Å². The Bertz CT molecular complexity index is 409. The van der Waals surface area contributed by atoms with E-state index in [9.17, 15) is 0 Å². The van der Waals surface area contributed by atoms with Gasteiger partial charge in [0, 0.05) is 30.8 Å². The van der Waals surface area contributed by atoms with Crippen molar-refractivity contribution in [2.24, 2.45) is 0 Å². The molecule has 1 saturated heterocycles. The van der Waals surface area contributed by atoms with Crippen LogP contribution in [0.25, 0.3) is 0 Å². The monoisotopic (exact) mass is 262 g/mol. The molecule has 0 bridgehead atoms. The standard InChI is InChI=1S/C16H26N2O/c1-11(2)15-6-5-14(13-7-8-19-10-13)16(18-15)9-17-12(3)4/h5-6,11-13,17H,7-10H2,1-4H3. The molecule has 0 saturated carbocycles. The molecule has 1 aromatic heterocycles. The van der Waals surface area contributed by atoms with Crippen molar-refractivity contribution in [1.82, 2.24) is 10.3 Å². The Morgan fingerprint density at radius 1 is 1.32 bits per heavy atom. The number of rotatable bonds is 5. The maximum absolute atomic E-state index is 5.52. The molecule has 2 rings (SSSR count). The van der Waals surface area contributed by atoms with Crippen molar-refractivity contribution in [2.75, 3.05) is 13.2 Å². The summed E-state index contributed by atoms with van der Waals surface area (Å²) < 4.78 is 5.52. The van der Waals surface area contributed by atoms with Crippen LogP contribution in [-0.4, -0.2) is 24.2 Å². The highest BCUT2D eigenvalue weighted by Crippen LogP contribution is 2.28. The van der Waals surface area contributed by atoms with E-state index in [4.69, 9.17) is 9.72 Å². The average Bonchev–Trinajstić information content (AvgIpc) is 2.89. The molecule has 0 aromatic carbocycles. The van der Waals surface area contributed by atoms with Crippen LogP contribution < -0.4 is 5.32 Å². The molecule has 1 aliphatic heterocycles. The van der Waals surface area contributed by atoms with Crippen molar-refractivity contribution >= 4 is 0 Å². The normalized spacial score (nSPS) is 19.6. The summed E-state index contributed by atoms with van der Waals surface area (Å²) in [6, 6.07) is 4.92. The molecule has 0 amide bonds. The van der Waals surface area contributed by atoms with Crippen LogP contribution in [-0.2, 0) is 11.3 Å². The molecule has 106 valence electrons. The summed E-state index contributed by atoms with van der Waals surface area (Å²) in [4.78, 5) is 4.87. The van der Waals surface area contributed by atoms with E-state index in [1.807, 2.05) is 0 Å². The van der Waals surface area contributed by atoms with Crippen LogP contribution in [0.5, 0.6) is 0 Å². The molecular formula is C16H26N2O. The molecule has 1 aromatic rings. The Hall–Kier alpha value is -0.930. The summed E-state index contributed by atoms with van der Waals surface area (Å²) in [5.41, 5.74) is 3.76. The summed E-state index contributed by atoms with van der Waals surface area (Å²) >= 11 is 0. The summed E-state index contributed by atoms with van der Waals surface area (Å²) in [5, 5.41) is 3.49. The van der Waals surface area contributed by atoms with Gasteiger partial charge >= 0.3 is 0 Å². The molecule has 1 N–H and O–H groups in total. The molecule has 2 heterocycles. The van der Waals surface area contributed by atoms with E-state index in [1.54, 1.807) is 0 Å². The van der Waals surface area contributed by atoms with Crippen LogP contribution in [0.1, 0.15) is 62.9 Å². The lowest BCUT2D eigenvalue weighted by molar-refractivity contribution is 0.193. The molecule has 19 heavy (non-hydrogen) atoms. The molecule has 0 aliphatic carbocycles. The van der Waals surface area contributed by atoms with Crippen LogP contribution in [0.3, 0.4) is 0 Å². The first-order chi connectivity index (χ1) is 9.08. The second-order valence-electron chi connectivity index (χ2n) is 6.02. The SMILES string of the molecule is CC(C)NCc1nc(C(C)C)ccc1C1CCOC1. The molecular weight excluding hydrogens is 236 g/mol. The number of aromatic nitrogens is 1. The van der Waals surface area contributed by atoms with Crippen molar-refractivity contribution in [1.29, 1.82) is 0 Å². The molecule has 1 unspecified atom stereocenters. The summed E-state index contributed by atoms with van der Waals surface area (Å²) in [6.07, 6.45) is 1.12. The van der Waals surface area contributed by atoms with Gasteiger partial charge in [-0.1, -0.05) is 33.8 Å². The minimum Gasteiger partial charge on any atom is -0.381 e. The van der Waals surface area contributed by atoms with E-state index in [0.29, 0.717) is 17.9 Å². The van der Waals surface area contributed by atoms with Crippen molar-refractivity contribution < 1.29 is 4.74 Å². The third kappa shape index (κ3) is 3.77. The van der Waals surface area contributed by atoms with E-state index in [-0.39, 0.29) is 0 Å². The van der Waals surface area contributed by atoms with Crippen molar-refractivity contribution in [3.05, 3.63) is 29.1 Å². The number of ether oxygens (including phenoxy) is 1. The van der Waals surface area contributed by atoms with E-state index < -0.39 is 0 Å². The number of nitrogens with one attached hydrogen (secondary N) is 1. The third-order valence-electron chi connectivity index (χ3n) is 3.67. The van der Waals surface area contributed by atoms with Crippen molar-refractivity contribution in [2.45, 2.75) is 58.5 Å². The Morgan fingerprint density at radius 2 is 2.11 bits per heavy atom. The largest absolute Gasteiger partial charge is 0.381 e. The molecule has 3 nitrogen and oxygen atoms in total. The molecule has 0 spiro atoms. The van der Waals surface area contributed by atoms with E-state index in [0.717, 1.165) is 26.2 Å². The van der Waals surface area contributed by atoms with Crippen molar-refractivity contribution in [3.8, 4) is 0 Å².